The molecule has 5 nitrogen and oxygen atoms in total. The highest BCUT2D eigenvalue weighted by Crippen LogP contribution is 2.02. The summed E-state index contributed by atoms with van der Waals surface area (Å²) in [5.74, 6) is 0. The summed E-state index contributed by atoms with van der Waals surface area (Å²) in [6.45, 7) is 2.10. The molecule has 1 saturated heterocycles. The zero-order valence-electron chi connectivity index (χ0n) is 5.07. The predicted octanol–water partition coefficient (Wildman–Crippen LogP) is -0.757. The van der Waals surface area contributed by atoms with Crippen LogP contribution in [0, 0.1) is 16.7 Å². The van der Waals surface area contributed by atoms with Crippen molar-refractivity contribution in [3.8, 4) is 0 Å². The fraction of sp³-hybridized carbons (Fsp3) is 0.750. The van der Waals surface area contributed by atoms with Gasteiger partial charge in [-0.1, -0.05) is 0 Å². The van der Waals surface area contributed by atoms with E-state index in [0.29, 0.717) is 6.67 Å². The summed E-state index contributed by atoms with van der Waals surface area (Å²) in [6.07, 6.45) is -0.685. The first kappa shape index (κ1) is 6.44. The van der Waals surface area contributed by atoms with Crippen molar-refractivity contribution >= 4 is 0 Å². The molecule has 0 amide bonds. The van der Waals surface area contributed by atoms with Gasteiger partial charge in [0.15, 0.2) is 0 Å². The van der Waals surface area contributed by atoms with Gasteiger partial charge in [0.05, 0.1) is 6.67 Å². The van der Waals surface area contributed by atoms with Crippen molar-refractivity contribution in [2.75, 3.05) is 13.7 Å². The van der Waals surface area contributed by atoms with Gasteiger partial charge in [-0.25, -0.2) is 5.32 Å². The van der Waals surface area contributed by atoms with Crippen molar-refractivity contribution < 1.29 is 4.92 Å². The Hall–Kier alpha value is -0.680. The number of nitro groups is 1. The van der Waals surface area contributed by atoms with Gasteiger partial charge < -0.3 is 0 Å². The van der Waals surface area contributed by atoms with Gasteiger partial charge in [0.2, 0.25) is 0 Å². The fourth-order valence-corrected chi connectivity index (χ4v) is 0.713. The van der Waals surface area contributed by atoms with E-state index in [9.17, 15) is 10.1 Å². The van der Waals surface area contributed by atoms with E-state index in [0.717, 1.165) is 0 Å². The molecule has 1 aliphatic heterocycles. The monoisotopic (exact) mass is 130 g/mol. The maximum absolute atomic E-state index is 10.0. The van der Waals surface area contributed by atoms with Crippen molar-refractivity contribution in [3.63, 3.8) is 0 Å². The van der Waals surface area contributed by atoms with Gasteiger partial charge in [-0.05, 0) is 7.05 Å². The largest absolute Gasteiger partial charge is 0.284 e. The van der Waals surface area contributed by atoms with Crippen LogP contribution in [0.3, 0.4) is 0 Å². The van der Waals surface area contributed by atoms with E-state index in [1.165, 1.54) is 0 Å². The Kier molecular flexibility index (Phi) is 1.63. The lowest BCUT2D eigenvalue weighted by Gasteiger charge is -1.99. The molecule has 9 heavy (non-hydrogen) atoms. The molecule has 0 aliphatic carbocycles. The second-order valence-electron chi connectivity index (χ2n) is 2.00. The second-order valence-corrected chi connectivity index (χ2v) is 2.00. The minimum atomic E-state index is -0.685. The molecule has 1 aliphatic rings. The van der Waals surface area contributed by atoms with Gasteiger partial charge in [-0.2, -0.15) is 0 Å². The van der Waals surface area contributed by atoms with E-state index in [1.54, 1.807) is 18.5 Å². The Balaban J connectivity index is 2.39. The van der Waals surface area contributed by atoms with E-state index in [1.807, 2.05) is 0 Å². The third-order valence-electron chi connectivity index (χ3n) is 1.17. The lowest BCUT2D eigenvalue weighted by atomic mass is 10.5. The van der Waals surface area contributed by atoms with Crippen LogP contribution in [0.1, 0.15) is 0 Å². The SMILES string of the molecule is CN1[CH]C([N+](=O)[O-])NC1. The summed E-state index contributed by atoms with van der Waals surface area (Å²) in [6, 6.07) is 0. The Labute approximate surface area is 52.8 Å². The molecule has 0 spiro atoms. The van der Waals surface area contributed by atoms with Crippen LogP contribution in [-0.4, -0.2) is 29.7 Å². The molecule has 0 aromatic carbocycles. The zero-order valence-corrected chi connectivity index (χ0v) is 5.07. The van der Waals surface area contributed by atoms with Crippen LogP contribution in [0.15, 0.2) is 0 Å². The van der Waals surface area contributed by atoms with Gasteiger partial charge in [0.25, 0.3) is 6.17 Å². The number of nitrogens with one attached hydrogen (secondary N) is 1. The number of hydrogen-bond acceptors (Lipinski definition) is 4. The maximum atomic E-state index is 10.0. The number of rotatable bonds is 1. The van der Waals surface area contributed by atoms with E-state index >= 15 is 0 Å². The lowest BCUT2D eigenvalue weighted by Crippen LogP contribution is -2.29. The molecule has 1 rings (SSSR count). The van der Waals surface area contributed by atoms with Crippen molar-refractivity contribution in [1.82, 2.24) is 10.2 Å². The predicted molar refractivity (Wildman–Crippen MR) is 30.8 cm³/mol. The molecule has 1 unspecified atom stereocenters. The minimum absolute atomic E-state index is 0.358. The maximum Gasteiger partial charge on any atom is 0.284 e. The quantitative estimate of drug-likeness (QED) is 0.374. The molecular weight excluding hydrogens is 122 g/mol. The molecule has 1 fully saturated rings. The molecule has 1 N–H and O–H groups in total. The average molecular weight is 130 g/mol. The normalized spacial score (nSPS) is 28.8. The topological polar surface area (TPSA) is 58.4 Å². The zero-order chi connectivity index (χ0) is 6.85. The second kappa shape index (κ2) is 2.28. The highest BCUT2D eigenvalue weighted by atomic mass is 16.6. The Morgan fingerprint density at radius 3 is 2.89 bits per heavy atom. The minimum Gasteiger partial charge on any atom is -0.281 e. The third kappa shape index (κ3) is 1.36. The van der Waals surface area contributed by atoms with Gasteiger partial charge in [0.1, 0.15) is 6.54 Å². The fourth-order valence-electron chi connectivity index (χ4n) is 0.713. The van der Waals surface area contributed by atoms with E-state index in [2.05, 4.69) is 5.32 Å². The summed E-state index contributed by atoms with van der Waals surface area (Å²) in [5, 5.41) is 12.7. The van der Waals surface area contributed by atoms with Crippen molar-refractivity contribution in [1.29, 1.82) is 0 Å². The summed E-state index contributed by atoms with van der Waals surface area (Å²) in [7, 11) is 1.79. The summed E-state index contributed by atoms with van der Waals surface area (Å²) in [4.78, 5) is 11.4. The number of nitrogens with zero attached hydrogens (tertiary/aromatic N) is 2. The Bertz CT molecular complexity index is 127. The molecule has 0 bridgehead atoms. The molecule has 1 radical (unpaired) electrons. The van der Waals surface area contributed by atoms with Crippen molar-refractivity contribution in [2.24, 2.45) is 0 Å². The molecule has 51 valence electrons. The van der Waals surface area contributed by atoms with Gasteiger partial charge in [0, 0.05) is 4.92 Å². The first-order valence-electron chi connectivity index (χ1n) is 2.62. The summed E-state index contributed by atoms with van der Waals surface area (Å²) in [5.41, 5.74) is 0. The Morgan fingerprint density at radius 1 is 2.00 bits per heavy atom. The van der Waals surface area contributed by atoms with Crippen molar-refractivity contribution in [3.05, 3.63) is 16.7 Å². The van der Waals surface area contributed by atoms with Crippen LogP contribution in [0.5, 0.6) is 0 Å². The molecular formula is C4H8N3O2. The molecule has 1 atom stereocenters. The van der Waals surface area contributed by atoms with E-state index in [4.69, 9.17) is 0 Å². The van der Waals surface area contributed by atoms with Crippen LogP contribution >= 0.6 is 0 Å². The number of likely N-dealkylation sites (N-methyl/N-ethyl adjacent to an activating group) is 1. The van der Waals surface area contributed by atoms with Crippen molar-refractivity contribution in [2.45, 2.75) is 6.17 Å². The van der Waals surface area contributed by atoms with Crippen LogP contribution < -0.4 is 5.32 Å². The highest BCUT2D eigenvalue weighted by Gasteiger charge is 2.27. The average Bonchev–Trinajstić information content (AvgIpc) is 2.14. The lowest BCUT2D eigenvalue weighted by molar-refractivity contribution is -0.517. The highest BCUT2D eigenvalue weighted by molar-refractivity contribution is 4.79. The van der Waals surface area contributed by atoms with Gasteiger partial charge >= 0.3 is 0 Å². The van der Waals surface area contributed by atoms with Crippen LogP contribution in [0.25, 0.3) is 0 Å². The first-order valence-corrected chi connectivity index (χ1v) is 2.62. The van der Waals surface area contributed by atoms with Gasteiger partial charge in [-0.3, -0.25) is 15.0 Å². The standard InChI is InChI=1S/C4H8N3O2/c1-6-2-4(5-3-6)7(8)9/h2,4-5H,3H2,1H3. The first-order chi connectivity index (χ1) is 4.20. The van der Waals surface area contributed by atoms with Crippen LogP contribution in [0.4, 0.5) is 0 Å². The van der Waals surface area contributed by atoms with Crippen LogP contribution in [-0.2, 0) is 0 Å². The van der Waals surface area contributed by atoms with Gasteiger partial charge in [-0.15, -0.1) is 0 Å². The third-order valence-corrected chi connectivity index (χ3v) is 1.17. The van der Waals surface area contributed by atoms with Crippen LogP contribution in [0.2, 0.25) is 0 Å². The summed E-state index contributed by atoms with van der Waals surface area (Å²) >= 11 is 0. The smallest absolute Gasteiger partial charge is 0.281 e. The molecule has 0 aromatic heterocycles. The number of hydrogen-bond donors (Lipinski definition) is 1. The molecule has 0 aromatic rings. The van der Waals surface area contributed by atoms with E-state index < -0.39 is 6.17 Å². The molecule has 5 heteroatoms. The Morgan fingerprint density at radius 2 is 2.67 bits per heavy atom. The molecule has 1 heterocycles. The summed E-state index contributed by atoms with van der Waals surface area (Å²) < 4.78 is 0. The van der Waals surface area contributed by atoms with E-state index in [-0.39, 0.29) is 4.92 Å². The molecule has 0 saturated carbocycles.